The van der Waals surface area contributed by atoms with E-state index in [1.807, 2.05) is 0 Å². The van der Waals surface area contributed by atoms with Gasteiger partial charge in [-0.3, -0.25) is 4.79 Å². The van der Waals surface area contributed by atoms with E-state index in [1.54, 1.807) is 58.8 Å². The quantitative estimate of drug-likeness (QED) is 0.703. The Morgan fingerprint density at radius 2 is 1.54 bits per heavy atom. The average Bonchev–Trinajstić information content (AvgIpc) is 2.65. The smallest absolute Gasteiger partial charge is 0.224 e. The molecule has 2 rings (SSSR count). The summed E-state index contributed by atoms with van der Waals surface area (Å²) in [5.41, 5.74) is 7.74. The van der Waals surface area contributed by atoms with Crippen molar-refractivity contribution in [2.75, 3.05) is 39.5 Å². The van der Waals surface area contributed by atoms with Crippen molar-refractivity contribution in [1.82, 2.24) is 0 Å². The summed E-state index contributed by atoms with van der Waals surface area (Å²) in [4.78, 5) is 12.3. The van der Waals surface area contributed by atoms with Crippen LogP contribution < -0.4 is 30.0 Å². The Morgan fingerprint density at radius 1 is 0.923 bits per heavy atom. The fourth-order valence-electron chi connectivity index (χ4n) is 2.60. The van der Waals surface area contributed by atoms with Crippen LogP contribution >= 0.6 is 0 Å². The molecule has 0 aromatic heterocycles. The summed E-state index contributed by atoms with van der Waals surface area (Å²) in [7, 11) is 6.25. The highest BCUT2D eigenvalue weighted by atomic mass is 16.5. The number of carbonyl (C=O) groups excluding carboxylic acids is 1. The normalized spacial score (nSPS) is 10.2. The van der Waals surface area contributed by atoms with Crippen LogP contribution in [-0.2, 0) is 11.2 Å². The third-order valence-electron chi connectivity index (χ3n) is 3.93. The molecule has 0 radical (unpaired) electrons. The maximum atomic E-state index is 12.3. The van der Waals surface area contributed by atoms with Gasteiger partial charge < -0.3 is 30.0 Å². The van der Waals surface area contributed by atoms with E-state index in [9.17, 15) is 4.79 Å². The second-order valence-electron chi connectivity index (χ2n) is 5.52. The van der Waals surface area contributed by atoms with E-state index in [0.717, 1.165) is 5.56 Å². The van der Waals surface area contributed by atoms with Crippen LogP contribution in [0.2, 0.25) is 0 Å². The van der Waals surface area contributed by atoms with Gasteiger partial charge in [-0.25, -0.2) is 0 Å². The first-order valence-corrected chi connectivity index (χ1v) is 8.04. The largest absolute Gasteiger partial charge is 0.496 e. The Hall–Kier alpha value is -3.09. The zero-order valence-electron chi connectivity index (χ0n) is 15.4. The molecule has 26 heavy (non-hydrogen) atoms. The Bertz CT molecular complexity index is 752. The van der Waals surface area contributed by atoms with Crippen LogP contribution in [0, 0.1) is 0 Å². The Balaban J connectivity index is 2.08. The summed E-state index contributed by atoms with van der Waals surface area (Å²) in [6.07, 6.45) is 0.707. The molecule has 0 saturated carbocycles. The monoisotopic (exact) mass is 360 g/mol. The minimum atomic E-state index is -0.144. The van der Waals surface area contributed by atoms with Gasteiger partial charge in [0, 0.05) is 29.8 Å². The number of hydrogen-bond acceptors (Lipinski definition) is 6. The van der Waals surface area contributed by atoms with Crippen molar-refractivity contribution < 1.29 is 23.7 Å². The van der Waals surface area contributed by atoms with Crippen molar-refractivity contribution >= 4 is 17.3 Å². The fourth-order valence-corrected chi connectivity index (χ4v) is 2.60. The number of rotatable bonds is 8. The molecule has 3 N–H and O–H groups in total. The van der Waals surface area contributed by atoms with Crippen molar-refractivity contribution in [1.29, 1.82) is 0 Å². The first-order chi connectivity index (χ1) is 12.5. The summed E-state index contributed by atoms with van der Waals surface area (Å²) in [5.74, 6) is 2.27. The van der Waals surface area contributed by atoms with Gasteiger partial charge in [0.1, 0.15) is 23.0 Å². The first-order valence-electron chi connectivity index (χ1n) is 8.04. The van der Waals surface area contributed by atoms with E-state index < -0.39 is 0 Å². The van der Waals surface area contributed by atoms with E-state index in [2.05, 4.69) is 5.32 Å². The molecule has 140 valence electrons. The van der Waals surface area contributed by atoms with Gasteiger partial charge in [0.05, 0.1) is 34.1 Å². The van der Waals surface area contributed by atoms with Gasteiger partial charge in [-0.1, -0.05) is 0 Å². The van der Waals surface area contributed by atoms with E-state index in [4.69, 9.17) is 24.7 Å². The zero-order valence-corrected chi connectivity index (χ0v) is 15.4. The van der Waals surface area contributed by atoms with Crippen molar-refractivity contribution in [2.24, 2.45) is 0 Å². The number of amides is 1. The predicted octanol–water partition coefficient (Wildman–Crippen LogP) is 2.87. The van der Waals surface area contributed by atoms with Crippen LogP contribution in [0.15, 0.2) is 30.3 Å². The summed E-state index contributed by atoms with van der Waals surface area (Å²) in [6.45, 7) is 0. The lowest BCUT2D eigenvalue weighted by molar-refractivity contribution is -0.116. The Labute approximate surface area is 153 Å². The molecular formula is C19H24N2O5. The van der Waals surface area contributed by atoms with Crippen LogP contribution in [-0.4, -0.2) is 34.3 Å². The standard InChI is InChI=1S/C19H24N2O5/c1-23-13-10-17(25-3)14(18(11-13)26-4)6-8-19(22)21-12-5-7-16(24-2)15(20)9-12/h5,7,9-11H,6,8,20H2,1-4H3,(H,21,22). The molecule has 0 fully saturated rings. The summed E-state index contributed by atoms with van der Waals surface area (Å²) < 4.78 is 21.1. The minimum absolute atomic E-state index is 0.144. The number of anilines is 2. The van der Waals surface area contributed by atoms with Crippen molar-refractivity contribution in [3.63, 3.8) is 0 Å². The molecule has 0 heterocycles. The number of hydrogen-bond donors (Lipinski definition) is 2. The van der Waals surface area contributed by atoms with E-state index in [-0.39, 0.29) is 12.3 Å². The lowest BCUT2D eigenvalue weighted by Gasteiger charge is -2.15. The molecule has 7 nitrogen and oxygen atoms in total. The molecule has 1 amide bonds. The van der Waals surface area contributed by atoms with Gasteiger partial charge in [0.2, 0.25) is 5.91 Å². The lowest BCUT2D eigenvalue weighted by Crippen LogP contribution is -2.13. The van der Waals surface area contributed by atoms with E-state index >= 15 is 0 Å². The molecule has 2 aromatic carbocycles. The molecule has 0 saturated heterocycles. The van der Waals surface area contributed by atoms with Crippen LogP contribution in [0.4, 0.5) is 11.4 Å². The maximum Gasteiger partial charge on any atom is 0.224 e. The Morgan fingerprint density at radius 3 is 2.04 bits per heavy atom. The fraction of sp³-hybridized carbons (Fsp3) is 0.316. The van der Waals surface area contributed by atoms with Gasteiger partial charge in [0.15, 0.2) is 0 Å². The van der Waals surface area contributed by atoms with Gasteiger partial charge in [-0.15, -0.1) is 0 Å². The number of nitrogens with two attached hydrogens (primary N) is 1. The topological polar surface area (TPSA) is 92.0 Å². The third kappa shape index (κ3) is 4.50. The molecule has 0 aliphatic heterocycles. The lowest BCUT2D eigenvalue weighted by atomic mass is 10.1. The molecule has 0 spiro atoms. The highest BCUT2D eigenvalue weighted by Crippen LogP contribution is 2.35. The molecule has 0 bridgehead atoms. The first kappa shape index (κ1) is 19.2. The van der Waals surface area contributed by atoms with Crippen LogP contribution in [0.1, 0.15) is 12.0 Å². The van der Waals surface area contributed by atoms with Crippen molar-refractivity contribution in [3.05, 3.63) is 35.9 Å². The molecular weight excluding hydrogens is 336 g/mol. The molecule has 0 atom stereocenters. The number of methoxy groups -OCH3 is 4. The zero-order chi connectivity index (χ0) is 19.1. The van der Waals surface area contributed by atoms with Gasteiger partial charge in [0.25, 0.3) is 0 Å². The molecule has 0 unspecified atom stereocenters. The highest BCUT2D eigenvalue weighted by molar-refractivity contribution is 5.91. The second-order valence-corrected chi connectivity index (χ2v) is 5.52. The number of carbonyl (C=O) groups is 1. The van der Waals surface area contributed by atoms with Crippen LogP contribution in [0.25, 0.3) is 0 Å². The molecule has 0 aliphatic carbocycles. The van der Waals surface area contributed by atoms with Gasteiger partial charge >= 0.3 is 0 Å². The maximum absolute atomic E-state index is 12.3. The van der Waals surface area contributed by atoms with Gasteiger partial charge in [-0.2, -0.15) is 0 Å². The number of benzene rings is 2. The number of ether oxygens (including phenoxy) is 4. The summed E-state index contributed by atoms with van der Waals surface area (Å²) >= 11 is 0. The van der Waals surface area contributed by atoms with Crippen molar-refractivity contribution in [2.45, 2.75) is 12.8 Å². The number of nitrogens with one attached hydrogen (secondary N) is 1. The molecule has 7 heteroatoms. The SMILES string of the molecule is COc1cc(OC)c(CCC(=O)Nc2ccc(OC)c(N)c2)c(OC)c1. The van der Waals surface area contributed by atoms with Crippen LogP contribution in [0.5, 0.6) is 23.0 Å². The minimum Gasteiger partial charge on any atom is -0.496 e. The van der Waals surface area contributed by atoms with Crippen LogP contribution in [0.3, 0.4) is 0 Å². The third-order valence-corrected chi connectivity index (χ3v) is 3.93. The summed E-state index contributed by atoms with van der Waals surface area (Å²) in [5, 5.41) is 2.82. The van der Waals surface area contributed by atoms with Crippen molar-refractivity contribution in [3.8, 4) is 23.0 Å². The Kier molecular flexibility index (Phi) is 6.54. The molecule has 2 aromatic rings. The van der Waals surface area contributed by atoms with E-state index in [0.29, 0.717) is 40.8 Å². The average molecular weight is 360 g/mol. The number of nitrogen functional groups attached to an aromatic ring is 1. The van der Waals surface area contributed by atoms with Gasteiger partial charge in [-0.05, 0) is 24.6 Å². The second kappa shape index (κ2) is 8.84. The summed E-state index contributed by atoms with van der Waals surface area (Å²) in [6, 6.07) is 8.63. The molecule has 0 aliphatic rings. The van der Waals surface area contributed by atoms with E-state index in [1.165, 1.54) is 0 Å². The highest BCUT2D eigenvalue weighted by Gasteiger charge is 2.15. The predicted molar refractivity (Wildman–Crippen MR) is 100 cm³/mol.